The number of rotatable bonds is 15. The minimum absolute atomic E-state index is 1.19. The largest absolute Gasteiger partial charge is 0.308 e. The molecule has 0 bridgehead atoms. The van der Waals surface area contributed by atoms with Crippen LogP contribution in [0, 0.1) is 6.92 Å². The second-order valence-electron chi connectivity index (χ2n) is 10.9. The maximum absolute atomic E-state index is 2.50. The molecule has 0 saturated heterocycles. The molecule has 0 N–H and O–H groups in total. The molecule has 1 aliphatic heterocycles. The third kappa shape index (κ3) is 7.66. The SMILES string of the molecule is CCCCCCCCc1ccc2c(c1)Sc1cc(CCCCCCCC)ccc1N2c1ccccc1C. The van der Waals surface area contributed by atoms with Crippen LogP contribution in [0.25, 0.3) is 0 Å². The molecule has 1 nitrogen and oxygen atoms in total. The average Bonchev–Trinajstić information content (AvgIpc) is 2.91. The second kappa shape index (κ2) is 14.7. The van der Waals surface area contributed by atoms with Gasteiger partial charge in [0.25, 0.3) is 0 Å². The predicted octanol–water partition coefficient (Wildman–Crippen LogP) is 11.7. The zero-order chi connectivity index (χ0) is 25.9. The smallest absolute Gasteiger partial charge is 0.0601 e. The van der Waals surface area contributed by atoms with Crippen molar-refractivity contribution in [1.29, 1.82) is 0 Å². The molecule has 3 aromatic rings. The molecular formula is C35H47NS. The zero-order valence-electron chi connectivity index (χ0n) is 23.5. The lowest BCUT2D eigenvalue weighted by Crippen LogP contribution is -2.16. The van der Waals surface area contributed by atoms with Gasteiger partial charge in [-0.05, 0) is 79.6 Å². The Hall–Kier alpha value is -2.19. The van der Waals surface area contributed by atoms with E-state index in [4.69, 9.17) is 0 Å². The Labute approximate surface area is 231 Å². The standard InChI is InChI=1S/C35H47NS/c1-4-6-8-10-12-14-19-29-22-24-32-34(26-29)37-35-27-30(20-15-13-11-9-7-5-2)23-25-33(35)36(32)31-21-17-16-18-28(31)3/h16-18,21-27H,4-15,19-20H2,1-3H3. The fraction of sp³-hybridized carbons (Fsp3) is 0.486. The maximum Gasteiger partial charge on any atom is 0.0601 e. The predicted molar refractivity (Wildman–Crippen MR) is 164 cm³/mol. The lowest BCUT2D eigenvalue weighted by Gasteiger charge is -2.34. The van der Waals surface area contributed by atoms with E-state index in [1.807, 2.05) is 11.8 Å². The van der Waals surface area contributed by atoms with E-state index in [9.17, 15) is 0 Å². The van der Waals surface area contributed by atoms with Crippen LogP contribution in [0.4, 0.5) is 17.1 Å². The highest BCUT2D eigenvalue weighted by Crippen LogP contribution is 2.52. The highest BCUT2D eigenvalue weighted by atomic mass is 32.2. The molecule has 0 saturated carbocycles. The van der Waals surface area contributed by atoms with Gasteiger partial charge in [-0.1, -0.05) is 120 Å². The first kappa shape index (κ1) is 27.8. The number of para-hydroxylation sites is 1. The van der Waals surface area contributed by atoms with Crippen molar-refractivity contribution in [1.82, 2.24) is 0 Å². The van der Waals surface area contributed by atoms with Crippen molar-refractivity contribution < 1.29 is 0 Å². The number of nitrogens with zero attached hydrogens (tertiary/aromatic N) is 1. The number of hydrogen-bond donors (Lipinski definition) is 0. The van der Waals surface area contributed by atoms with E-state index in [-0.39, 0.29) is 0 Å². The molecule has 0 aliphatic carbocycles. The van der Waals surface area contributed by atoms with E-state index in [2.05, 4.69) is 86.3 Å². The third-order valence-corrected chi connectivity index (χ3v) is 8.84. The van der Waals surface area contributed by atoms with E-state index < -0.39 is 0 Å². The summed E-state index contributed by atoms with van der Waals surface area (Å²) in [6.07, 6.45) is 18.6. The van der Waals surface area contributed by atoms with Crippen LogP contribution in [0.5, 0.6) is 0 Å². The molecule has 4 rings (SSSR count). The summed E-state index contributed by atoms with van der Waals surface area (Å²) in [5, 5.41) is 0. The van der Waals surface area contributed by atoms with Gasteiger partial charge in [-0.3, -0.25) is 0 Å². The molecule has 0 aromatic heterocycles. The van der Waals surface area contributed by atoms with E-state index in [1.54, 1.807) is 0 Å². The number of aryl methyl sites for hydroxylation is 3. The topological polar surface area (TPSA) is 3.24 Å². The molecule has 1 heterocycles. The summed E-state index contributed by atoms with van der Waals surface area (Å²) in [6, 6.07) is 23.2. The minimum Gasteiger partial charge on any atom is -0.308 e. The molecule has 0 atom stereocenters. The van der Waals surface area contributed by atoms with Gasteiger partial charge in [-0.25, -0.2) is 0 Å². The number of hydrogen-bond acceptors (Lipinski definition) is 2. The summed E-state index contributed by atoms with van der Waals surface area (Å²) >= 11 is 1.97. The molecule has 0 radical (unpaired) electrons. The zero-order valence-corrected chi connectivity index (χ0v) is 24.3. The molecule has 0 fully saturated rings. The van der Waals surface area contributed by atoms with E-state index in [1.165, 1.54) is 133 Å². The van der Waals surface area contributed by atoms with Crippen molar-refractivity contribution >= 4 is 28.8 Å². The Morgan fingerprint density at radius 1 is 0.541 bits per heavy atom. The summed E-state index contributed by atoms with van der Waals surface area (Å²) in [5.41, 5.74) is 8.22. The van der Waals surface area contributed by atoms with E-state index in [0.717, 1.165) is 0 Å². The van der Waals surface area contributed by atoms with Crippen LogP contribution in [-0.2, 0) is 12.8 Å². The Balaban J connectivity index is 1.53. The van der Waals surface area contributed by atoms with Crippen molar-refractivity contribution in [3.05, 3.63) is 77.4 Å². The van der Waals surface area contributed by atoms with Gasteiger partial charge in [0.15, 0.2) is 0 Å². The summed E-state index contributed by atoms with van der Waals surface area (Å²) in [6.45, 7) is 6.82. The molecule has 0 unspecified atom stereocenters. The fourth-order valence-electron chi connectivity index (χ4n) is 5.50. The monoisotopic (exact) mass is 513 g/mol. The molecule has 2 heteroatoms. The Morgan fingerprint density at radius 3 is 1.54 bits per heavy atom. The van der Waals surface area contributed by atoms with Crippen LogP contribution >= 0.6 is 11.8 Å². The van der Waals surface area contributed by atoms with Crippen molar-refractivity contribution in [2.75, 3.05) is 4.90 Å². The number of anilines is 3. The van der Waals surface area contributed by atoms with Gasteiger partial charge in [0.2, 0.25) is 0 Å². The summed E-state index contributed by atoms with van der Waals surface area (Å²) in [7, 11) is 0. The molecule has 3 aromatic carbocycles. The molecule has 37 heavy (non-hydrogen) atoms. The van der Waals surface area contributed by atoms with Gasteiger partial charge in [0.1, 0.15) is 0 Å². The normalized spacial score (nSPS) is 12.5. The van der Waals surface area contributed by atoms with Crippen LogP contribution in [-0.4, -0.2) is 0 Å². The quantitative estimate of drug-likeness (QED) is 0.145. The minimum atomic E-state index is 1.19. The van der Waals surface area contributed by atoms with Gasteiger partial charge < -0.3 is 4.90 Å². The van der Waals surface area contributed by atoms with Crippen LogP contribution in [0.1, 0.15) is 108 Å². The lowest BCUT2D eigenvalue weighted by molar-refractivity contribution is 0.607. The van der Waals surface area contributed by atoms with E-state index >= 15 is 0 Å². The van der Waals surface area contributed by atoms with Gasteiger partial charge in [-0.15, -0.1) is 0 Å². The van der Waals surface area contributed by atoms with Gasteiger partial charge in [-0.2, -0.15) is 0 Å². The van der Waals surface area contributed by atoms with Crippen LogP contribution in [0.2, 0.25) is 0 Å². The Morgan fingerprint density at radius 2 is 1.03 bits per heavy atom. The van der Waals surface area contributed by atoms with Crippen molar-refractivity contribution in [2.24, 2.45) is 0 Å². The van der Waals surface area contributed by atoms with E-state index in [0.29, 0.717) is 0 Å². The molecular weight excluding hydrogens is 466 g/mol. The highest BCUT2D eigenvalue weighted by Gasteiger charge is 2.26. The maximum atomic E-state index is 2.50. The summed E-state index contributed by atoms with van der Waals surface area (Å²) in [4.78, 5) is 5.30. The van der Waals surface area contributed by atoms with Crippen molar-refractivity contribution in [3.63, 3.8) is 0 Å². The summed E-state index contributed by atoms with van der Waals surface area (Å²) in [5.74, 6) is 0. The third-order valence-electron chi connectivity index (χ3n) is 7.74. The summed E-state index contributed by atoms with van der Waals surface area (Å²) < 4.78 is 0. The van der Waals surface area contributed by atoms with Crippen LogP contribution in [0.3, 0.4) is 0 Å². The van der Waals surface area contributed by atoms with Gasteiger partial charge in [0.05, 0.1) is 11.4 Å². The molecule has 0 amide bonds. The van der Waals surface area contributed by atoms with Gasteiger partial charge >= 0.3 is 0 Å². The number of fused-ring (bicyclic) bond motifs is 2. The first-order chi connectivity index (χ1) is 18.2. The van der Waals surface area contributed by atoms with Crippen molar-refractivity contribution in [3.8, 4) is 0 Å². The first-order valence-corrected chi connectivity index (χ1v) is 15.8. The fourth-order valence-corrected chi connectivity index (χ4v) is 6.69. The van der Waals surface area contributed by atoms with Crippen LogP contribution < -0.4 is 4.90 Å². The molecule has 0 spiro atoms. The lowest BCUT2D eigenvalue weighted by atomic mass is 10.0. The van der Waals surface area contributed by atoms with Crippen LogP contribution in [0.15, 0.2) is 70.5 Å². The number of benzene rings is 3. The number of unbranched alkanes of at least 4 members (excludes halogenated alkanes) is 10. The Bertz CT molecular complexity index is 1050. The average molecular weight is 514 g/mol. The Kier molecular flexibility index (Phi) is 11.0. The highest BCUT2D eigenvalue weighted by molar-refractivity contribution is 7.99. The second-order valence-corrected chi connectivity index (χ2v) is 11.9. The van der Waals surface area contributed by atoms with Gasteiger partial charge in [0, 0.05) is 15.5 Å². The molecule has 198 valence electrons. The first-order valence-electron chi connectivity index (χ1n) is 15.0. The molecule has 1 aliphatic rings. The van der Waals surface area contributed by atoms with Crippen molar-refractivity contribution in [2.45, 2.75) is 120 Å².